The van der Waals surface area contributed by atoms with Gasteiger partial charge in [0.05, 0.1) is 6.10 Å². The molecule has 0 aromatic heterocycles. The molecule has 0 bridgehead atoms. The zero-order valence-electron chi connectivity index (χ0n) is 8.87. The van der Waals surface area contributed by atoms with Crippen molar-refractivity contribution in [1.82, 2.24) is 4.90 Å². The lowest BCUT2D eigenvalue weighted by Gasteiger charge is -2.34. The van der Waals surface area contributed by atoms with E-state index in [4.69, 9.17) is 4.74 Å². The second kappa shape index (κ2) is 4.41. The molecule has 0 radical (unpaired) electrons. The summed E-state index contributed by atoms with van der Waals surface area (Å²) in [5.41, 5.74) is 0. The van der Waals surface area contributed by atoms with Gasteiger partial charge in [0, 0.05) is 38.6 Å². The van der Waals surface area contributed by atoms with Crippen LogP contribution in [-0.2, 0) is 9.53 Å². The van der Waals surface area contributed by atoms with E-state index in [-0.39, 0.29) is 0 Å². The molecule has 2 fully saturated rings. The number of hydrogen-bond acceptors (Lipinski definition) is 3. The minimum absolute atomic E-state index is 0.406. The first-order chi connectivity index (χ1) is 6.77. The molecule has 2 atom stereocenters. The fourth-order valence-corrected chi connectivity index (χ4v) is 2.40. The molecule has 2 unspecified atom stereocenters. The van der Waals surface area contributed by atoms with Gasteiger partial charge >= 0.3 is 0 Å². The number of ether oxygens (including phenoxy) is 1. The van der Waals surface area contributed by atoms with Gasteiger partial charge in [-0.25, -0.2) is 0 Å². The number of rotatable bonds is 2. The minimum Gasteiger partial charge on any atom is -0.377 e. The van der Waals surface area contributed by atoms with Crippen molar-refractivity contribution < 1.29 is 9.53 Å². The van der Waals surface area contributed by atoms with E-state index in [9.17, 15) is 4.79 Å². The minimum atomic E-state index is 0.406. The molecule has 2 aliphatic heterocycles. The van der Waals surface area contributed by atoms with Crippen molar-refractivity contribution in [2.75, 3.05) is 19.7 Å². The number of carbonyl (C=O) groups is 1. The summed E-state index contributed by atoms with van der Waals surface area (Å²) in [5.74, 6) is 0.417. The van der Waals surface area contributed by atoms with Gasteiger partial charge in [0.15, 0.2) is 0 Å². The molecule has 0 saturated carbocycles. The lowest BCUT2D eigenvalue weighted by atomic mass is 10.0. The van der Waals surface area contributed by atoms with Crippen molar-refractivity contribution in [3.8, 4) is 0 Å². The van der Waals surface area contributed by atoms with Gasteiger partial charge < -0.3 is 4.74 Å². The molecule has 0 amide bonds. The highest BCUT2D eigenvalue weighted by Crippen LogP contribution is 2.21. The summed E-state index contributed by atoms with van der Waals surface area (Å²) in [4.78, 5) is 13.5. The van der Waals surface area contributed by atoms with Crippen molar-refractivity contribution in [3.63, 3.8) is 0 Å². The molecule has 2 heterocycles. The Morgan fingerprint density at radius 3 is 2.71 bits per heavy atom. The van der Waals surface area contributed by atoms with E-state index in [2.05, 4.69) is 11.8 Å². The van der Waals surface area contributed by atoms with Gasteiger partial charge in [-0.3, -0.25) is 9.69 Å². The average molecular weight is 197 g/mol. The molecule has 3 nitrogen and oxygen atoms in total. The van der Waals surface area contributed by atoms with E-state index in [0.717, 1.165) is 32.5 Å². The number of nitrogens with zero attached hydrogens (tertiary/aromatic N) is 1. The summed E-state index contributed by atoms with van der Waals surface area (Å²) in [6, 6.07) is 0.491. The highest BCUT2D eigenvalue weighted by atomic mass is 16.5. The molecule has 80 valence electrons. The van der Waals surface area contributed by atoms with Gasteiger partial charge in [0.2, 0.25) is 0 Å². The molecule has 2 saturated heterocycles. The summed E-state index contributed by atoms with van der Waals surface area (Å²) >= 11 is 0. The predicted molar refractivity (Wildman–Crippen MR) is 54.3 cm³/mol. The van der Waals surface area contributed by atoms with Crippen LogP contribution in [0.15, 0.2) is 0 Å². The van der Waals surface area contributed by atoms with Crippen LogP contribution in [0.3, 0.4) is 0 Å². The molecule has 0 aliphatic carbocycles. The normalized spacial score (nSPS) is 32.1. The summed E-state index contributed by atoms with van der Waals surface area (Å²) in [6.45, 7) is 5.01. The van der Waals surface area contributed by atoms with Crippen LogP contribution in [0.1, 0.15) is 32.6 Å². The first-order valence-electron chi connectivity index (χ1n) is 5.65. The molecular formula is C11H19NO2. The smallest absolute Gasteiger partial charge is 0.135 e. The zero-order valence-corrected chi connectivity index (χ0v) is 8.87. The Morgan fingerprint density at radius 2 is 2.14 bits per heavy atom. The van der Waals surface area contributed by atoms with Crippen LogP contribution in [0.2, 0.25) is 0 Å². The van der Waals surface area contributed by atoms with E-state index in [1.165, 1.54) is 12.8 Å². The van der Waals surface area contributed by atoms with Crippen LogP contribution >= 0.6 is 0 Å². The Morgan fingerprint density at radius 1 is 1.43 bits per heavy atom. The van der Waals surface area contributed by atoms with Gasteiger partial charge in [0.1, 0.15) is 5.78 Å². The van der Waals surface area contributed by atoms with Crippen LogP contribution < -0.4 is 0 Å². The molecule has 14 heavy (non-hydrogen) atoms. The van der Waals surface area contributed by atoms with Crippen LogP contribution in [0.5, 0.6) is 0 Å². The van der Waals surface area contributed by atoms with Crippen LogP contribution in [0.4, 0.5) is 0 Å². The molecular weight excluding hydrogens is 178 g/mol. The van der Waals surface area contributed by atoms with Crippen LogP contribution in [0, 0.1) is 0 Å². The SMILES string of the molecule is CC(C1CCCO1)N1CCC(=O)CC1. The number of piperidine rings is 1. The largest absolute Gasteiger partial charge is 0.377 e. The second-order valence-corrected chi connectivity index (χ2v) is 4.37. The van der Waals surface area contributed by atoms with E-state index < -0.39 is 0 Å². The third kappa shape index (κ3) is 2.15. The van der Waals surface area contributed by atoms with Gasteiger partial charge in [-0.15, -0.1) is 0 Å². The monoisotopic (exact) mass is 197 g/mol. The van der Waals surface area contributed by atoms with Gasteiger partial charge in [-0.1, -0.05) is 0 Å². The summed E-state index contributed by atoms with van der Waals surface area (Å²) < 4.78 is 5.67. The Balaban J connectivity index is 1.84. The number of hydrogen-bond donors (Lipinski definition) is 0. The molecule has 0 aromatic carbocycles. The number of ketones is 1. The zero-order chi connectivity index (χ0) is 9.97. The van der Waals surface area contributed by atoms with Gasteiger partial charge in [-0.05, 0) is 19.8 Å². The van der Waals surface area contributed by atoms with Crippen molar-refractivity contribution in [2.45, 2.75) is 44.8 Å². The molecule has 3 heteroatoms. The Bertz CT molecular complexity index is 201. The highest BCUT2D eigenvalue weighted by Gasteiger charge is 2.29. The molecule has 2 rings (SSSR count). The van der Waals surface area contributed by atoms with E-state index >= 15 is 0 Å². The van der Waals surface area contributed by atoms with Crippen molar-refractivity contribution >= 4 is 5.78 Å². The third-order valence-corrected chi connectivity index (χ3v) is 3.43. The fraction of sp³-hybridized carbons (Fsp3) is 0.909. The Hall–Kier alpha value is -0.410. The van der Waals surface area contributed by atoms with E-state index in [1.807, 2.05) is 0 Å². The van der Waals surface area contributed by atoms with Gasteiger partial charge in [-0.2, -0.15) is 0 Å². The standard InChI is InChI=1S/C11H19NO2/c1-9(11-3-2-8-14-11)12-6-4-10(13)5-7-12/h9,11H,2-8H2,1H3. The quantitative estimate of drug-likeness (QED) is 0.666. The number of carbonyl (C=O) groups excluding carboxylic acids is 1. The summed E-state index contributed by atoms with van der Waals surface area (Å²) in [5, 5.41) is 0. The molecule has 0 spiro atoms. The average Bonchev–Trinajstić information content (AvgIpc) is 2.71. The van der Waals surface area contributed by atoms with Crippen LogP contribution in [-0.4, -0.2) is 42.5 Å². The van der Waals surface area contributed by atoms with Crippen LogP contribution in [0.25, 0.3) is 0 Å². The highest BCUT2D eigenvalue weighted by molar-refractivity contribution is 5.79. The van der Waals surface area contributed by atoms with E-state index in [0.29, 0.717) is 17.9 Å². The van der Waals surface area contributed by atoms with Crippen molar-refractivity contribution in [3.05, 3.63) is 0 Å². The summed E-state index contributed by atoms with van der Waals surface area (Å²) in [7, 11) is 0. The Labute approximate surface area is 85.4 Å². The topological polar surface area (TPSA) is 29.5 Å². The third-order valence-electron chi connectivity index (χ3n) is 3.43. The molecule has 0 N–H and O–H groups in total. The first kappa shape index (κ1) is 10.1. The van der Waals surface area contributed by atoms with Crippen molar-refractivity contribution in [2.24, 2.45) is 0 Å². The maximum atomic E-state index is 11.1. The second-order valence-electron chi connectivity index (χ2n) is 4.37. The number of Topliss-reactive ketones (excluding diaryl/α,β-unsaturated/α-hetero) is 1. The molecule has 2 aliphatic rings. The molecule has 0 aromatic rings. The first-order valence-corrected chi connectivity index (χ1v) is 5.65. The van der Waals surface area contributed by atoms with Gasteiger partial charge in [0.25, 0.3) is 0 Å². The summed E-state index contributed by atoms with van der Waals surface area (Å²) in [6.07, 6.45) is 4.25. The van der Waals surface area contributed by atoms with E-state index in [1.54, 1.807) is 0 Å². The predicted octanol–water partition coefficient (Wildman–Crippen LogP) is 1.22. The van der Waals surface area contributed by atoms with Crippen molar-refractivity contribution in [1.29, 1.82) is 0 Å². The Kier molecular flexibility index (Phi) is 3.19. The lowest BCUT2D eigenvalue weighted by molar-refractivity contribution is -0.122. The maximum Gasteiger partial charge on any atom is 0.135 e. The lowest BCUT2D eigenvalue weighted by Crippen LogP contribution is -2.45. The fourth-order valence-electron chi connectivity index (χ4n) is 2.40. The number of likely N-dealkylation sites (tertiary alicyclic amines) is 1. The maximum absolute atomic E-state index is 11.1.